The van der Waals surface area contributed by atoms with Crippen LogP contribution in [-0.2, 0) is 39.8 Å². The van der Waals surface area contributed by atoms with Crippen LogP contribution in [0.15, 0.2) is 51.4 Å². The third kappa shape index (κ3) is 12.1. The number of nitrogens with zero attached hydrogens (tertiary/aromatic N) is 4. The number of piperidine rings is 1. The topological polar surface area (TPSA) is 172 Å². The predicted octanol–water partition coefficient (Wildman–Crippen LogP) is 5.36. The molecule has 1 saturated heterocycles. The zero-order valence-corrected chi connectivity index (χ0v) is 34.0. The van der Waals surface area contributed by atoms with E-state index in [4.69, 9.17) is 28.1 Å². The first-order valence-corrected chi connectivity index (χ1v) is 20.1. The fourth-order valence-electron chi connectivity index (χ4n) is 5.72. The number of anilines is 1. The third-order valence-corrected chi connectivity index (χ3v) is 10.9. The van der Waals surface area contributed by atoms with E-state index < -0.39 is 5.91 Å². The van der Waals surface area contributed by atoms with Crippen LogP contribution in [0.1, 0.15) is 57.2 Å². The van der Waals surface area contributed by atoms with Crippen molar-refractivity contribution in [2.75, 3.05) is 72.2 Å². The Bertz CT molecular complexity index is 1850. The quantitative estimate of drug-likeness (QED) is 0.0991. The molecule has 0 atom stereocenters. The van der Waals surface area contributed by atoms with Crippen molar-refractivity contribution in [3.63, 3.8) is 0 Å². The third-order valence-electron chi connectivity index (χ3n) is 8.85. The first-order valence-electron chi connectivity index (χ1n) is 18.3. The van der Waals surface area contributed by atoms with Crippen molar-refractivity contribution < 1.29 is 47.3 Å². The SMILES string of the molecule is COc1cc(/C=C/C(=O)N2CCC=CC2=O)cc(OC)c1OCCOCCOCC(=O)N1CCC(C(=O)Nc2ncc(SCc3ncc(C(C)(C)C)o3)s2)CC1. The zero-order chi connectivity index (χ0) is 40.1. The number of hydrogen-bond acceptors (Lipinski definition) is 14. The minimum atomic E-state index is -0.405. The van der Waals surface area contributed by atoms with Gasteiger partial charge in [-0.2, -0.15) is 0 Å². The van der Waals surface area contributed by atoms with Gasteiger partial charge in [0.1, 0.15) is 19.0 Å². The molecule has 0 saturated carbocycles. The Kier molecular flexibility index (Phi) is 15.5. The smallest absolute Gasteiger partial charge is 0.253 e. The first kappa shape index (κ1) is 42.4. The number of benzene rings is 1. The fraction of sp³-hybridized carbons (Fsp3) is 0.487. The van der Waals surface area contributed by atoms with Crippen molar-refractivity contribution in [2.45, 2.75) is 55.4 Å². The number of carbonyl (C=O) groups is 4. The van der Waals surface area contributed by atoms with Crippen molar-refractivity contribution in [2.24, 2.45) is 5.92 Å². The molecule has 0 radical (unpaired) electrons. The average Bonchev–Trinajstić information content (AvgIpc) is 3.87. The summed E-state index contributed by atoms with van der Waals surface area (Å²) in [5.74, 6) is 2.07. The highest BCUT2D eigenvalue weighted by atomic mass is 32.2. The number of amides is 4. The highest BCUT2D eigenvalue weighted by Gasteiger charge is 2.28. The number of hydrogen-bond donors (Lipinski definition) is 1. The van der Waals surface area contributed by atoms with Gasteiger partial charge in [-0.05, 0) is 49.1 Å². The summed E-state index contributed by atoms with van der Waals surface area (Å²) in [5, 5.41) is 3.47. The molecule has 0 spiro atoms. The van der Waals surface area contributed by atoms with Crippen molar-refractivity contribution in [1.29, 1.82) is 0 Å². The molecule has 0 aliphatic carbocycles. The Morgan fingerprint density at radius 3 is 2.39 bits per heavy atom. The maximum Gasteiger partial charge on any atom is 0.253 e. The van der Waals surface area contributed by atoms with E-state index in [-0.39, 0.29) is 62.1 Å². The lowest BCUT2D eigenvalue weighted by atomic mass is 9.94. The number of carbonyl (C=O) groups excluding carboxylic acids is 4. The Morgan fingerprint density at radius 1 is 1.00 bits per heavy atom. The van der Waals surface area contributed by atoms with Gasteiger partial charge in [0, 0.05) is 37.0 Å². The van der Waals surface area contributed by atoms with E-state index in [1.807, 2.05) is 0 Å². The van der Waals surface area contributed by atoms with E-state index in [1.165, 1.54) is 42.6 Å². The average molecular weight is 812 g/mol. The molecule has 2 aliphatic heterocycles. The summed E-state index contributed by atoms with van der Waals surface area (Å²) in [5.41, 5.74) is 0.526. The lowest BCUT2D eigenvalue weighted by Gasteiger charge is -2.31. The van der Waals surface area contributed by atoms with Gasteiger partial charge in [0.05, 0.1) is 56.4 Å². The van der Waals surface area contributed by atoms with Crippen LogP contribution in [0.3, 0.4) is 0 Å². The Morgan fingerprint density at radius 2 is 1.71 bits per heavy atom. The molecule has 2 aromatic heterocycles. The van der Waals surface area contributed by atoms with Crippen molar-refractivity contribution in [3.8, 4) is 17.2 Å². The van der Waals surface area contributed by atoms with Gasteiger partial charge in [0.15, 0.2) is 16.6 Å². The Labute approximate surface area is 334 Å². The molecule has 2 aliphatic rings. The van der Waals surface area contributed by atoms with E-state index in [0.29, 0.717) is 78.5 Å². The number of nitrogens with one attached hydrogen (secondary N) is 1. The fourth-order valence-corrected chi connectivity index (χ4v) is 7.44. The van der Waals surface area contributed by atoms with Crippen LogP contribution in [0.5, 0.6) is 17.2 Å². The molecule has 0 unspecified atom stereocenters. The van der Waals surface area contributed by atoms with Crippen molar-refractivity contribution >= 4 is 57.9 Å². The van der Waals surface area contributed by atoms with Gasteiger partial charge in [0.2, 0.25) is 23.5 Å². The second-order valence-corrected chi connectivity index (χ2v) is 16.2. The number of oxazole rings is 1. The standard InChI is InChI=1S/C39H49N5O10S2/c1-39(2,3)30-22-40-31(54-30)25-55-35-23-41-38(56-35)42-37(48)27-11-14-43(15-12-27)34(47)24-52-17-16-51-18-19-53-36-28(49-4)20-26(21-29(36)50-5)9-10-33(46)44-13-7-6-8-32(44)45/h6,8-10,20-23,27H,7,11-19,24-25H2,1-5H3,(H,41,42,48)/b10-9+. The van der Waals surface area contributed by atoms with Gasteiger partial charge in [-0.3, -0.25) is 24.1 Å². The van der Waals surface area contributed by atoms with Gasteiger partial charge in [-0.25, -0.2) is 9.97 Å². The summed E-state index contributed by atoms with van der Waals surface area (Å²) >= 11 is 2.97. The molecule has 302 valence electrons. The van der Waals surface area contributed by atoms with Gasteiger partial charge < -0.3 is 38.3 Å². The van der Waals surface area contributed by atoms with Crippen LogP contribution in [0.2, 0.25) is 0 Å². The molecule has 3 aromatic rings. The monoisotopic (exact) mass is 811 g/mol. The molecule has 1 fully saturated rings. The van der Waals surface area contributed by atoms with Crippen LogP contribution < -0.4 is 19.5 Å². The van der Waals surface area contributed by atoms with Gasteiger partial charge in [0.25, 0.3) is 11.8 Å². The maximum absolute atomic E-state index is 12.9. The molecule has 4 amide bonds. The summed E-state index contributed by atoms with van der Waals surface area (Å²) in [4.78, 5) is 61.8. The van der Waals surface area contributed by atoms with E-state index in [9.17, 15) is 19.2 Å². The lowest BCUT2D eigenvalue weighted by molar-refractivity contribution is -0.140. The van der Waals surface area contributed by atoms with Gasteiger partial charge in [-0.1, -0.05) is 38.2 Å². The lowest BCUT2D eigenvalue weighted by Crippen LogP contribution is -2.43. The first-order chi connectivity index (χ1) is 26.9. The number of aromatic nitrogens is 2. The van der Waals surface area contributed by atoms with Crippen LogP contribution in [0.25, 0.3) is 6.08 Å². The normalized spacial score (nSPS) is 15.1. The molecule has 4 heterocycles. The van der Waals surface area contributed by atoms with Crippen LogP contribution in [-0.4, -0.2) is 110 Å². The molecule has 56 heavy (non-hydrogen) atoms. The molecule has 1 aromatic carbocycles. The second-order valence-electron chi connectivity index (χ2n) is 13.9. The van der Waals surface area contributed by atoms with E-state index >= 15 is 0 Å². The van der Waals surface area contributed by atoms with Crippen LogP contribution in [0.4, 0.5) is 5.13 Å². The number of ether oxygens (including phenoxy) is 5. The molecular formula is C39H49N5O10S2. The van der Waals surface area contributed by atoms with E-state index in [0.717, 1.165) is 9.97 Å². The molecule has 5 rings (SSSR count). The number of imide groups is 1. The summed E-state index contributed by atoms with van der Waals surface area (Å²) < 4.78 is 34.9. The second kappa shape index (κ2) is 20.5. The molecule has 17 heteroatoms. The number of thioether (sulfide) groups is 1. The highest BCUT2D eigenvalue weighted by molar-refractivity contribution is 8.00. The van der Waals surface area contributed by atoms with Crippen LogP contribution in [0, 0.1) is 5.92 Å². The highest BCUT2D eigenvalue weighted by Crippen LogP contribution is 2.39. The predicted molar refractivity (Wildman–Crippen MR) is 211 cm³/mol. The summed E-state index contributed by atoms with van der Waals surface area (Å²) in [6.07, 6.45) is 11.3. The number of rotatable bonds is 18. The minimum absolute atomic E-state index is 0.0759. The van der Waals surface area contributed by atoms with E-state index in [1.54, 1.807) is 53.3 Å². The molecule has 0 bridgehead atoms. The molecule has 1 N–H and O–H groups in total. The Balaban J connectivity index is 0.940. The van der Waals surface area contributed by atoms with Crippen molar-refractivity contribution in [1.82, 2.24) is 19.8 Å². The summed E-state index contributed by atoms with van der Waals surface area (Å²) in [7, 11) is 2.99. The van der Waals surface area contributed by atoms with Crippen molar-refractivity contribution in [3.05, 3.63) is 60.0 Å². The number of thiazole rings is 1. The Hall–Kier alpha value is -4.71. The van der Waals surface area contributed by atoms with Crippen LogP contribution >= 0.6 is 23.1 Å². The number of methoxy groups -OCH3 is 2. The minimum Gasteiger partial charge on any atom is -0.493 e. The summed E-state index contributed by atoms with van der Waals surface area (Å²) in [6.45, 7) is 8.36. The van der Waals surface area contributed by atoms with Gasteiger partial charge >= 0.3 is 0 Å². The molecular weight excluding hydrogens is 763 g/mol. The van der Waals surface area contributed by atoms with Gasteiger partial charge in [-0.15, -0.1) is 11.8 Å². The number of likely N-dealkylation sites (tertiary alicyclic amines) is 1. The summed E-state index contributed by atoms with van der Waals surface area (Å²) in [6, 6.07) is 3.40. The van der Waals surface area contributed by atoms with E-state index in [2.05, 4.69) is 36.1 Å². The molecule has 15 nitrogen and oxygen atoms in total. The maximum atomic E-state index is 12.9. The largest absolute Gasteiger partial charge is 0.493 e. The zero-order valence-electron chi connectivity index (χ0n) is 32.4.